The molecule has 1 saturated heterocycles. The molecule has 0 spiro atoms. The van der Waals surface area contributed by atoms with Gasteiger partial charge in [0.25, 0.3) is 6.43 Å². The lowest BCUT2D eigenvalue weighted by Crippen LogP contribution is -2.25. The molecule has 6 heteroatoms. The highest BCUT2D eigenvalue weighted by molar-refractivity contribution is 5.41. The Morgan fingerprint density at radius 1 is 1.40 bits per heavy atom. The molecule has 0 saturated carbocycles. The third kappa shape index (κ3) is 3.58. The number of methoxy groups -OCH3 is 1. The molecule has 20 heavy (non-hydrogen) atoms. The van der Waals surface area contributed by atoms with Gasteiger partial charge in [0.2, 0.25) is 0 Å². The van der Waals surface area contributed by atoms with Gasteiger partial charge in [-0.05, 0) is 32.0 Å². The van der Waals surface area contributed by atoms with Gasteiger partial charge in [-0.15, -0.1) is 0 Å². The largest absolute Gasteiger partial charge is 0.496 e. The molecular weight excluding hydrogens is 270 g/mol. The third-order valence-corrected chi connectivity index (χ3v) is 2.94. The Hall–Kier alpha value is -1.40. The summed E-state index contributed by atoms with van der Waals surface area (Å²) in [6.07, 6.45) is -2.82. The van der Waals surface area contributed by atoms with Crippen molar-refractivity contribution in [3.8, 4) is 11.5 Å². The molecule has 0 bridgehead atoms. The summed E-state index contributed by atoms with van der Waals surface area (Å²) in [6.45, 7) is 4.30. The summed E-state index contributed by atoms with van der Waals surface area (Å²) in [7, 11) is 1.35. The van der Waals surface area contributed by atoms with E-state index in [1.807, 2.05) is 13.8 Å². The zero-order valence-corrected chi connectivity index (χ0v) is 11.7. The van der Waals surface area contributed by atoms with Gasteiger partial charge in [-0.2, -0.15) is 0 Å². The van der Waals surface area contributed by atoms with Crippen LogP contribution in [-0.4, -0.2) is 32.2 Å². The smallest absolute Gasteiger partial charge is 0.267 e. The van der Waals surface area contributed by atoms with E-state index in [0.717, 1.165) is 0 Å². The second-order valence-corrected chi connectivity index (χ2v) is 4.97. The Bertz CT molecular complexity index is 462. The second-order valence-electron chi connectivity index (χ2n) is 4.97. The molecule has 0 N–H and O–H groups in total. The van der Waals surface area contributed by atoms with Crippen LogP contribution in [0.15, 0.2) is 18.2 Å². The van der Waals surface area contributed by atoms with Gasteiger partial charge in [0.05, 0.1) is 19.3 Å². The van der Waals surface area contributed by atoms with Gasteiger partial charge >= 0.3 is 0 Å². The predicted molar refractivity (Wildman–Crippen MR) is 68.4 cm³/mol. The van der Waals surface area contributed by atoms with E-state index in [9.17, 15) is 8.78 Å². The summed E-state index contributed by atoms with van der Waals surface area (Å²) >= 11 is 0. The van der Waals surface area contributed by atoms with E-state index in [2.05, 4.69) is 0 Å². The molecular formula is C14H18F2O4. The van der Waals surface area contributed by atoms with Gasteiger partial charge in [-0.1, -0.05) is 0 Å². The Morgan fingerprint density at radius 2 is 2.15 bits per heavy atom. The SMILES string of the molecule is COc1ccc(OC[C@H]2COC(C)(C)O2)cc1C(F)F. The summed E-state index contributed by atoms with van der Waals surface area (Å²) in [5.41, 5.74) is -0.186. The van der Waals surface area contributed by atoms with Crippen LogP contribution in [0, 0.1) is 0 Å². The van der Waals surface area contributed by atoms with Crippen LogP contribution in [0.1, 0.15) is 25.8 Å². The van der Waals surface area contributed by atoms with Crippen LogP contribution in [0.5, 0.6) is 11.5 Å². The number of ether oxygens (including phenoxy) is 4. The quantitative estimate of drug-likeness (QED) is 0.834. The predicted octanol–water partition coefficient (Wildman–Crippen LogP) is 3.16. The Kier molecular flexibility index (Phi) is 4.45. The standard InChI is InChI=1S/C14H18F2O4/c1-14(2)19-8-10(20-14)7-18-9-4-5-12(17-3)11(6-9)13(15)16/h4-6,10,13H,7-8H2,1-3H3/t10-/m0/s1. The van der Waals surface area contributed by atoms with E-state index >= 15 is 0 Å². The van der Waals surface area contributed by atoms with Crippen molar-refractivity contribution in [1.29, 1.82) is 0 Å². The van der Waals surface area contributed by atoms with E-state index in [4.69, 9.17) is 18.9 Å². The van der Waals surface area contributed by atoms with Gasteiger partial charge in [0, 0.05) is 0 Å². The molecule has 2 rings (SSSR count). The lowest BCUT2D eigenvalue weighted by atomic mass is 10.2. The fraction of sp³-hybridized carbons (Fsp3) is 0.571. The minimum absolute atomic E-state index is 0.147. The molecule has 1 heterocycles. The summed E-state index contributed by atoms with van der Waals surface area (Å²) in [5, 5.41) is 0. The molecule has 112 valence electrons. The first-order valence-corrected chi connectivity index (χ1v) is 6.32. The van der Waals surface area contributed by atoms with Crippen LogP contribution in [0.25, 0.3) is 0 Å². The van der Waals surface area contributed by atoms with Crippen LogP contribution < -0.4 is 9.47 Å². The summed E-state index contributed by atoms with van der Waals surface area (Å²) < 4.78 is 47.1. The topological polar surface area (TPSA) is 36.9 Å². The van der Waals surface area contributed by atoms with Crippen molar-refractivity contribution in [2.24, 2.45) is 0 Å². The highest BCUT2D eigenvalue weighted by atomic mass is 19.3. The minimum Gasteiger partial charge on any atom is -0.496 e. The van der Waals surface area contributed by atoms with Gasteiger partial charge in [0.1, 0.15) is 24.2 Å². The molecule has 4 nitrogen and oxygen atoms in total. The number of alkyl halides is 2. The summed E-state index contributed by atoms with van der Waals surface area (Å²) in [6, 6.07) is 4.34. The van der Waals surface area contributed by atoms with Crippen molar-refractivity contribution in [2.45, 2.75) is 32.2 Å². The number of hydrogen-bond donors (Lipinski definition) is 0. The molecule has 1 aromatic carbocycles. The van der Waals surface area contributed by atoms with Crippen LogP contribution in [-0.2, 0) is 9.47 Å². The Morgan fingerprint density at radius 3 is 2.70 bits per heavy atom. The van der Waals surface area contributed by atoms with Crippen molar-refractivity contribution in [3.63, 3.8) is 0 Å². The monoisotopic (exact) mass is 288 g/mol. The second kappa shape index (κ2) is 5.93. The van der Waals surface area contributed by atoms with E-state index < -0.39 is 12.2 Å². The minimum atomic E-state index is -2.61. The third-order valence-electron chi connectivity index (χ3n) is 2.94. The van der Waals surface area contributed by atoms with E-state index in [1.54, 1.807) is 6.07 Å². The highest BCUT2D eigenvalue weighted by Gasteiger charge is 2.33. The molecule has 0 radical (unpaired) electrons. The molecule has 1 atom stereocenters. The number of benzene rings is 1. The Balaban J connectivity index is 1.98. The van der Waals surface area contributed by atoms with E-state index in [0.29, 0.717) is 12.4 Å². The lowest BCUT2D eigenvalue weighted by molar-refractivity contribution is -0.141. The van der Waals surface area contributed by atoms with Crippen molar-refractivity contribution in [3.05, 3.63) is 23.8 Å². The number of hydrogen-bond acceptors (Lipinski definition) is 4. The fourth-order valence-electron chi connectivity index (χ4n) is 2.01. The van der Waals surface area contributed by atoms with Crippen molar-refractivity contribution < 1.29 is 27.7 Å². The van der Waals surface area contributed by atoms with Crippen LogP contribution in [0.2, 0.25) is 0 Å². The molecule has 1 aliphatic heterocycles. The van der Waals surface area contributed by atoms with Gasteiger partial charge in [-0.25, -0.2) is 8.78 Å². The number of halogens is 2. The molecule has 1 aromatic rings. The molecule has 0 aliphatic carbocycles. The highest BCUT2D eigenvalue weighted by Crippen LogP contribution is 2.32. The first-order valence-electron chi connectivity index (χ1n) is 6.32. The van der Waals surface area contributed by atoms with Crippen molar-refractivity contribution >= 4 is 0 Å². The maximum absolute atomic E-state index is 12.9. The van der Waals surface area contributed by atoms with E-state index in [-0.39, 0.29) is 24.0 Å². The number of rotatable bonds is 5. The summed E-state index contributed by atoms with van der Waals surface area (Å²) in [4.78, 5) is 0. The van der Waals surface area contributed by atoms with Crippen LogP contribution in [0.3, 0.4) is 0 Å². The first-order chi connectivity index (χ1) is 9.41. The van der Waals surface area contributed by atoms with Crippen LogP contribution in [0.4, 0.5) is 8.78 Å². The maximum Gasteiger partial charge on any atom is 0.267 e. The van der Waals surface area contributed by atoms with Gasteiger partial charge in [-0.3, -0.25) is 0 Å². The normalized spacial score (nSPS) is 21.2. The zero-order chi connectivity index (χ0) is 14.8. The fourth-order valence-corrected chi connectivity index (χ4v) is 2.01. The lowest BCUT2D eigenvalue weighted by Gasteiger charge is -2.17. The average Bonchev–Trinajstić information content (AvgIpc) is 2.75. The molecule has 0 aromatic heterocycles. The molecule has 1 aliphatic rings. The van der Waals surface area contributed by atoms with E-state index in [1.165, 1.54) is 19.2 Å². The summed E-state index contributed by atoms with van der Waals surface area (Å²) in [5.74, 6) is -0.120. The zero-order valence-electron chi connectivity index (χ0n) is 11.7. The Labute approximate surface area is 116 Å². The molecule has 0 unspecified atom stereocenters. The van der Waals surface area contributed by atoms with Gasteiger partial charge < -0.3 is 18.9 Å². The average molecular weight is 288 g/mol. The first kappa shape index (κ1) is 15.0. The molecule has 0 amide bonds. The molecule has 1 fully saturated rings. The van der Waals surface area contributed by atoms with Gasteiger partial charge in [0.15, 0.2) is 5.79 Å². The van der Waals surface area contributed by atoms with Crippen LogP contribution >= 0.6 is 0 Å². The van der Waals surface area contributed by atoms with Crippen molar-refractivity contribution in [1.82, 2.24) is 0 Å². The maximum atomic E-state index is 12.9. The van der Waals surface area contributed by atoms with Crippen molar-refractivity contribution in [2.75, 3.05) is 20.3 Å².